The highest BCUT2D eigenvalue weighted by Gasteiger charge is 2.09. The van der Waals surface area contributed by atoms with E-state index in [0.29, 0.717) is 11.5 Å². The molecule has 0 aliphatic carbocycles. The predicted octanol–water partition coefficient (Wildman–Crippen LogP) is 7.82. The quantitative estimate of drug-likeness (QED) is 0.203. The monoisotopic (exact) mass is 395 g/mol. The first-order valence-electron chi connectivity index (χ1n) is 11.3. The van der Waals surface area contributed by atoms with Gasteiger partial charge in [0.15, 0.2) is 0 Å². The Kier molecular flexibility index (Phi) is 15.2. The van der Waals surface area contributed by atoms with Gasteiger partial charge in [-0.3, -0.25) is 0 Å². The number of unbranched alkanes of at least 4 members (excludes halogenated alkanes) is 13. The minimum atomic E-state index is -0.216. The Labute approximate surface area is 171 Å². The summed E-state index contributed by atoms with van der Waals surface area (Å²) < 4.78 is 5.02. The number of nitrogens with one attached hydrogen (secondary N) is 1. The number of esters is 1. The highest BCUT2D eigenvalue weighted by molar-refractivity contribution is 7.12. The van der Waals surface area contributed by atoms with Crippen LogP contribution in [0.1, 0.15) is 113 Å². The zero-order chi connectivity index (χ0) is 19.6. The molecule has 1 aromatic heterocycles. The second-order valence-electron chi connectivity index (χ2n) is 7.44. The molecule has 0 atom stereocenters. The van der Waals surface area contributed by atoms with Gasteiger partial charge in [-0.1, -0.05) is 90.4 Å². The Hall–Kier alpha value is -1.03. The Balaban J connectivity index is 1.85. The second kappa shape index (κ2) is 17.1. The lowest BCUT2D eigenvalue weighted by Gasteiger charge is -2.05. The first kappa shape index (κ1) is 24.0. The second-order valence-corrected chi connectivity index (χ2v) is 8.35. The molecule has 3 nitrogen and oxygen atoms in total. The Bertz CT molecular complexity index is 473. The van der Waals surface area contributed by atoms with Crippen LogP contribution in [-0.2, 0) is 4.74 Å². The molecule has 0 saturated carbocycles. The van der Waals surface area contributed by atoms with Gasteiger partial charge in [-0.05, 0) is 19.4 Å². The van der Waals surface area contributed by atoms with Gasteiger partial charge in [0, 0.05) is 17.6 Å². The predicted molar refractivity (Wildman–Crippen MR) is 119 cm³/mol. The Morgan fingerprint density at radius 2 is 1.37 bits per heavy atom. The zero-order valence-corrected chi connectivity index (χ0v) is 18.5. The molecule has 27 heavy (non-hydrogen) atoms. The highest BCUT2D eigenvalue weighted by Crippen LogP contribution is 2.20. The number of hydrogen-bond donors (Lipinski definition) is 1. The molecule has 0 aliphatic heterocycles. The fraction of sp³-hybridized carbons (Fsp3) is 0.783. The first-order valence-corrected chi connectivity index (χ1v) is 12.2. The molecule has 1 aromatic rings. The first-order chi connectivity index (χ1) is 13.3. The van der Waals surface area contributed by atoms with Crippen molar-refractivity contribution < 1.29 is 9.53 Å². The molecule has 0 spiro atoms. The van der Waals surface area contributed by atoms with Gasteiger partial charge in [0.1, 0.15) is 4.88 Å². The maximum Gasteiger partial charge on any atom is 0.348 e. The average Bonchev–Trinajstić information content (AvgIpc) is 3.14. The molecule has 0 fully saturated rings. The fourth-order valence-corrected chi connectivity index (χ4v) is 4.05. The van der Waals surface area contributed by atoms with Crippen LogP contribution in [0.25, 0.3) is 0 Å². The molecule has 1 rings (SSSR count). The molecular formula is C23H41NO2S. The molecule has 0 bridgehead atoms. The molecule has 0 aliphatic rings. The van der Waals surface area contributed by atoms with E-state index >= 15 is 0 Å². The molecule has 0 amide bonds. The van der Waals surface area contributed by atoms with E-state index < -0.39 is 0 Å². The van der Waals surface area contributed by atoms with E-state index in [4.69, 9.17) is 4.74 Å². The van der Waals surface area contributed by atoms with Crippen LogP contribution in [0.5, 0.6) is 0 Å². The summed E-state index contributed by atoms with van der Waals surface area (Å²) in [7, 11) is 0. The smallest absolute Gasteiger partial charge is 0.348 e. The third-order valence-corrected chi connectivity index (χ3v) is 5.85. The van der Waals surface area contributed by atoms with Crippen molar-refractivity contribution >= 4 is 23.0 Å². The van der Waals surface area contributed by atoms with E-state index in [1.807, 2.05) is 18.4 Å². The molecule has 1 heterocycles. The van der Waals surface area contributed by atoms with E-state index in [0.717, 1.165) is 12.2 Å². The maximum absolute atomic E-state index is 11.6. The van der Waals surface area contributed by atoms with Crippen molar-refractivity contribution in [1.82, 2.24) is 0 Å². The van der Waals surface area contributed by atoms with Crippen LogP contribution in [0.15, 0.2) is 11.4 Å². The van der Waals surface area contributed by atoms with Crippen LogP contribution < -0.4 is 5.32 Å². The minimum absolute atomic E-state index is 0.216. The number of carbonyl (C=O) groups is 1. The van der Waals surface area contributed by atoms with Gasteiger partial charge < -0.3 is 10.1 Å². The van der Waals surface area contributed by atoms with Gasteiger partial charge in [-0.2, -0.15) is 0 Å². The molecule has 0 unspecified atom stereocenters. The highest BCUT2D eigenvalue weighted by atomic mass is 32.1. The normalized spacial score (nSPS) is 10.9. The summed E-state index contributed by atoms with van der Waals surface area (Å²) in [5, 5.41) is 5.40. The van der Waals surface area contributed by atoms with Crippen molar-refractivity contribution in [3.63, 3.8) is 0 Å². The van der Waals surface area contributed by atoms with Gasteiger partial charge >= 0.3 is 5.97 Å². The number of carbonyl (C=O) groups excluding carboxylic acids is 1. The third kappa shape index (κ3) is 12.9. The van der Waals surface area contributed by atoms with Crippen LogP contribution >= 0.6 is 11.3 Å². The molecule has 1 N–H and O–H groups in total. The van der Waals surface area contributed by atoms with Gasteiger partial charge in [-0.15, -0.1) is 11.3 Å². The van der Waals surface area contributed by atoms with Crippen LogP contribution in [-0.4, -0.2) is 19.1 Å². The van der Waals surface area contributed by atoms with Gasteiger partial charge in [-0.25, -0.2) is 4.79 Å². The summed E-state index contributed by atoms with van der Waals surface area (Å²) >= 11 is 1.45. The number of ether oxygens (including phenoxy) is 1. The largest absolute Gasteiger partial charge is 0.462 e. The number of thiophene rings is 1. The molecule has 156 valence electrons. The van der Waals surface area contributed by atoms with Crippen LogP contribution in [0.2, 0.25) is 0 Å². The van der Waals surface area contributed by atoms with Crippen molar-refractivity contribution in [3.05, 3.63) is 16.3 Å². The Morgan fingerprint density at radius 3 is 1.89 bits per heavy atom. The van der Waals surface area contributed by atoms with E-state index in [1.165, 1.54) is 101 Å². The fourth-order valence-electron chi connectivity index (χ4n) is 3.29. The summed E-state index contributed by atoms with van der Waals surface area (Å²) in [6, 6.07) is 1.90. The number of anilines is 1. The lowest BCUT2D eigenvalue weighted by Crippen LogP contribution is -2.03. The summed E-state index contributed by atoms with van der Waals surface area (Å²) in [4.78, 5) is 12.3. The number of hydrogen-bond acceptors (Lipinski definition) is 4. The minimum Gasteiger partial charge on any atom is -0.462 e. The van der Waals surface area contributed by atoms with Crippen molar-refractivity contribution in [1.29, 1.82) is 0 Å². The van der Waals surface area contributed by atoms with Crippen molar-refractivity contribution in [2.24, 2.45) is 0 Å². The van der Waals surface area contributed by atoms with Crippen molar-refractivity contribution in [3.8, 4) is 0 Å². The maximum atomic E-state index is 11.6. The molecule has 0 aromatic carbocycles. The summed E-state index contributed by atoms with van der Waals surface area (Å²) in [5.41, 5.74) is 1.04. The average molecular weight is 396 g/mol. The van der Waals surface area contributed by atoms with E-state index in [2.05, 4.69) is 12.2 Å². The third-order valence-electron chi connectivity index (χ3n) is 4.94. The lowest BCUT2D eigenvalue weighted by atomic mass is 10.0. The van der Waals surface area contributed by atoms with E-state index in [-0.39, 0.29) is 5.97 Å². The molecular weight excluding hydrogens is 354 g/mol. The van der Waals surface area contributed by atoms with E-state index in [1.54, 1.807) is 0 Å². The van der Waals surface area contributed by atoms with Crippen molar-refractivity contribution in [2.45, 2.75) is 104 Å². The van der Waals surface area contributed by atoms with Gasteiger partial charge in [0.2, 0.25) is 0 Å². The molecule has 0 radical (unpaired) electrons. The van der Waals surface area contributed by atoms with Crippen LogP contribution in [0.4, 0.5) is 5.69 Å². The number of rotatable bonds is 18. The van der Waals surface area contributed by atoms with Gasteiger partial charge in [0.05, 0.1) is 6.61 Å². The summed E-state index contributed by atoms with van der Waals surface area (Å²) in [6.45, 7) is 5.53. The van der Waals surface area contributed by atoms with Gasteiger partial charge in [0.25, 0.3) is 0 Å². The molecule has 0 saturated heterocycles. The lowest BCUT2D eigenvalue weighted by molar-refractivity contribution is 0.0532. The SMILES string of the molecule is CCCCCCCCCCCCCCCCNc1csc(C(=O)OCC)c1. The zero-order valence-electron chi connectivity index (χ0n) is 17.7. The van der Waals surface area contributed by atoms with Crippen LogP contribution in [0, 0.1) is 0 Å². The van der Waals surface area contributed by atoms with Crippen LogP contribution in [0.3, 0.4) is 0 Å². The topological polar surface area (TPSA) is 38.3 Å². The van der Waals surface area contributed by atoms with Crippen molar-refractivity contribution in [2.75, 3.05) is 18.5 Å². The standard InChI is InChI=1S/C23H41NO2S/c1-3-5-6-7-8-9-10-11-12-13-14-15-16-17-18-24-21-19-22(27-20-21)23(25)26-4-2/h19-20,24H,3-18H2,1-2H3. The summed E-state index contributed by atoms with van der Waals surface area (Å²) in [6.07, 6.45) is 19.4. The molecule has 4 heteroatoms. The van der Waals surface area contributed by atoms with E-state index in [9.17, 15) is 4.79 Å². The summed E-state index contributed by atoms with van der Waals surface area (Å²) in [5.74, 6) is -0.216. The Morgan fingerprint density at radius 1 is 0.852 bits per heavy atom.